The fraction of sp³-hybridized carbons (Fsp3) is 0.286. The quantitative estimate of drug-likeness (QED) is 0.518. The molecule has 4 aromatic rings. The van der Waals surface area contributed by atoms with Gasteiger partial charge >= 0.3 is 0 Å². The molecule has 0 saturated heterocycles. The SMILES string of the molecule is CN(C)Cc1nc(NCCc2nccn2C)c2c(-c3ccccc3)csc2n1. The number of aryl methyl sites for hydroxylation is 1. The van der Waals surface area contributed by atoms with E-state index in [-0.39, 0.29) is 0 Å². The molecule has 0 aliphatic heterocycles. The van der Waals surface area contributed by atoms with E-state index in [4.69, 9.17) is 9.97 Å². The third-order valence-corrected chi connectivity index (χ3v) is 5.46. The summed E-state index contributed by atoms with van der Waals surface area (Å²) in [6.45, 7) is 1.48. The van der Waals surface area contributed by atoms with Crippen LogP contribution < -0.4 is 5.32 Å². The van der Waals surface area contributed by atoms with Crippen LogP contribution in [0.25, 0.3) is 21.3 Å². The van der Waals surface area contributed by atoms with Crippen LogP contribution >= 0.6 is 11.3 Å². The lowest BCUT2D eigenvalue weighted by molar-refractivity contribution is 0.391. The molecule has 28 heavy (non-hydrogen) atoms. The van der Waals surface area contributed by atoms with Crippen molar-refractivity contribution in [2.45, 2.75) is 13.0 Å². The van der Waals surface area contributed by atoms with Crippen molar-refractivity contribution in [1.29, 1.82) is 0 Å². The van der Waals surface area contributed by atoms with Gasteiger partial charge in [-0.3, -0.25) is 0 Å². The van der Waals surface area contributed by atoms with Crippen molar-refractivity contribution in [3.05, 3.63) is 59.8 Å². The molecule has 3 heterocycles. The second kappa shape index (κ2) is 8.08. The number of thiophene rings is 1. The Morgan fingerprint density at radius 3 is 2.68 bits per heavy atom. The number of imidazole rings is 1. The van der Waals surface area contributed by atoms with E-state index in [0.29, 0.717) is 6.54 Å². The van der Waals surface area contributed by atoms with Gasteiger partial charge in [-0.1, -0.05) is 30.3 Å². The van der Waals surface area contributed by atoms with Gasteiger partial charge in [0.25, 0.3) is 0 Å². The van der Waals surface area contributed by atoms with Crippen LogP contribution in [0.15, 0.2) is 48.1 Å². The molecule has 0 fully saturated rings. The molecule has 0 aliphatic rings. The lowest BCUT2D eigenvalue weighted by Crippen LogP contribution is -2.15. The van der Waals surface area contributed by atoms with E-state index in [1.165, 1.54) is 11.1 Å². The van der Waals surface area contributed by atoms with Crippen LogP contribution in [0.1, 0.15) is 11.6 Å². The van der Waals surface area contributed by atoms with Crippen molar-refractivity contribution in [3.63, 3.8) is 0 Å². The fourth-order valence-corrected chi connectivity index (χ4v) is 4.19. The fourth-order valence-electron chi connectivity index (χ4n) is 3.23. The van der Waals surface area contributed by atoms with Crippen molar-refractivity contribution in [3.8, 4) is 11.1 Å². The van der Waals surface area contributed by atoms with Crippen LogP contribution in [0.4, 0.5) is 5.82 Å². The second-order valence-corrected chi connectivity index (χ2v) is 7.91. The summed E-state index contributed by atoms with van der Waals surface area (Å²) in [5.74, 6) is 2.79. The maximum atomic E-state index is 4.86. The zero-order chi connectivity index (χ0) is 19.5. The molecule has 0 atom stereocenters. The Morgan fingerprint density at radius 2 is 1.96 bits per heavy atom. The number of hydrogen-bond acceptors (Lipinski definition) is 6. The Morgan fingerprint density at radius 1 is 1.14 bits per heavy atom. The molecule has 0 spiro atoms. The monoisotopic (exact) mass is 392 g/mol. The number of aromatic nitrogens is 4. The molecule has 1 N–H and O–H groups in total. The van der Waals surface area contributed by atoms with Crippen molar-refractivity contribution >= 4 is 27.4 Å². The summed E-state index contributed by atoms with van der Waals surface area (Å²) in [7, 11) is 6.09. The Kier molecular flexibility index (Phi) is 5.36. The van der Waals surface area contributed by atoms with Crippen LogP contribution in [-0.4, -0.2) is 45.1 Å². The zero-order valence-electron chi connectivity index (χ0n) is 16.4. The van der Waals surface area contributed by atoms with Gasteiger partial charge in [-0.15, -0.1) is 11.3 Å². The standard InChI is InChI=1S/C21H24N6S/c1-26(2)13-17-24-20(23-10-9-18-22-11-12-27(18)3)19-16(14-28-21(19)25-17)15-7-5-4-6-8-15/h4-8,11-12,14H,9-10,13H2,1-3H3,(H,23,24,25). The number of nitrogens with zero attached hydrogens (tertiary/aromatic N) is 5. The summed E-state index contributed by atoms with van der Waals surface area (Å²) in [4.78, 5) is 17.2. The molecule has 144 valence electrons. The van der Waals surface area contributed by atoms with Gasteiger partial charge in [0, 0.05) is 43.4 Å². The first-order valence-corrected chi connectivity index (χ1v) is 10.2. The number of rotatable bonds is 7. The molecule has 0 aliphatic carbocycles. The normalized spacial score (nSPS) is 11.4. The van der Waals surface area contributed by atoms with Crippen LogP contribution in [0.2, 0.25) is 0 Å². The van der Waals surface area contributed by atoms with Gasteiger partial charge in [-0.05, 0) is 19.7 Å². The van der Waals surface area contributed by atoms with Gasteiger partial charge < -0.3 is 14.8 Å². The summed E-state index contributed by atoms with van der Waals surface area (Å²) in [6.07, 6.45) is 4.64. The third kappa shape index (κ3) is 3.90. The largest absolute Gasteiger partial charge is 0.369 e. The van der Waals surface area contributed by atoms with E-state index in [0.717, 1.165) is 40.6 Å². The van der Waals surface area contributed by atoms with Gasteiger partial charge in [0.1, 0.15) is 22.3 Å². The van der Waals surface area contributed by atoms with Crippen LogP contribution in [0, 0.1) is 0 Å². The molecule has 4 rings (SSSR count). The summed E-state index contributed by atoms with van der Waals surface area (Å²) in [6, 6.07) is 10.4. The van der Waals surface area contributed by atoms with E-state index in [1.807, 2.05) is 39.6 Å². The van der Waals surface area contributed by atoms with Crippen molar-refractivity contribution in [1.82, 2.24) is 24.4 Å². The van der Waals surface area contributed by atoms with Crippen LogP contribution in [-0.2, 0) is 20.0 Å². The molecule has 1 aromatic carbocycles. The summed E-state index contributed by atoms with van der Waals surface area (Å²) in [5.41, 5.74) is 2.36. The number of benzene rings is 1. The van der Waals surface area contributed by atoms with Crippen LogP contribution in [0.3, 0.4) is 0 Å². The maximum absolute atomic E-state index is 4.86. The molecule has 0 radical (unpaired) electrons. The first-order chi connectivity index (χ1) is 13.6. The lowest BCUT2D eigenvalue weighted by Gasteiger charge is -2.13. The summed E-state index contributed by atoms with van der Waals surface area (Å²) < 4.78 is 2.05. The molecular weight excluding hydrogens is 368 g/mol. The Hall–Kier alpha value is -2.77. The predicted octanol–water partition coefficient (Wildman–Crippen LogP) is 3.81. The molecule has 6 nitrogen and oxygen atoms in total. The average molecular weight is 393 g/mol. The minimum absolute atomic E-state index is 0.711. The van der Waals surface area contributed by atoms with Crippen molar-refractivity contribution in [2.75, 3.05) is 26.0 Å². The molecule has 0 amide bonds. The highest BCUT2D eigenvalue weighted by Gasteiger charge is 2.15. The van der Waals surface area contributed by atoms with Gasteiger partial charge in [-0.25, -0.2) is 15.0 Å². The van der Waals surface area contributed by atoms with E-state index in [9.17, 15) is 0 Å². The van der Waals surface area contributed by atoms with Crippen LogP contribution in [0.5, 0.6) is 0 Å². The highest BCUT2D eigenvalue weighted by atomic mass is 32.1. The summed E-state index contributed by atoms with van der Waals surface area (Å²) in [5, 5.41) is 6.82. The first kappa shape index (κ1) is 18.6. The third-order valence-electron chi connectivity index (χ3n) is 4.58. The van der Waals surface area contributed by atoms with Crippen molar-refractivity contribution in [2.24, 2.45) is 7.05 Å². The maximum Gasteiger partial charge on any atom is 0.146 e. The first-order valence-electron chi connectivity index (χ1n) is 9.30. The van der Waals surface area contributed by atoms with Crippen molar-refractivity contribution < 1.29 is 0 Å². The minimum atomic E-state index is 0.711. The predicted molar refractivity (Wildman–Crippen MR) is 116 cm³/mol. The smallest absolute Gasteiger partial charge is 0.146 e. The zero-order valence-corrected chi connectivity index (χ0v) is 17.2. The van der Waals surface area contributed by atoms with Gasteiger partial charge in [0.2, 0.25) is 0 Å². The molecule has 7 heteroatoms. The highest BCUT2D eigenvalue weighted by Crippen LogP contribution is 2.37. The topological polar surface area (TPSA) is 58.9 Å². The molecule has 3 aromatic heterocycles. The Bertz CT molecular complexity index is 1070. The average Bonchev–Trinajstić information content (AvgIpc) is 3.28. The molecule has 0 unspecified atom stereocenters. The Labute approximate surface area is 168 Å². The highest BCUT2D eigenvalue weighted by molar-refractivity contribution is 7.17. The summed E-state index contributed by atoms with van der Waals surface area (Å²) >= 11 is 1.67. The van der Waals surface area contributed by atoms with E-state index in [2.05, 4.69) is 49.4 Å². The van der Waals surface area contributed by atoms with Gasteiger partial charge in [-0.2, -0.15) is 0 Å². The molecule has 0 bridgehead atoms. The number of anilines is 1. The van der Waals surface area contributed by atoms with E-state index < -0.39 is 0 Å². The second-order valence-electron chi connectivity index (χ2n) is 7.05. The molecule has 0 saturated carbocycles. The lowest BCUT2D eigenvalue weighted by atomic mass is 10.1. The van der Waals surface area contributed by atoms with E-state index >= 15 is 0 Å². The van der Waals surface area contributed by atoms with Gasteiger partial charge in [0.05, 0.1) is 11.9 Å². The minimum Gasteiger partial charge on any atom is -0.369 e. The molecular formula is C21H24N6S. The van der Waals surface area contributed by atoms with Gasteiger partial charge in [0.15, 0.2) is 0 Å². The Balaban J connectivity index is 1.70. The van der Waals surface area contributed by atoms with E-state index in [1.54, 1.807) is 11.3 Å². The number of hydrogen-bond donors (Lipinski definition) is 1. The number of nitrogens with one attached hydrogen (secondary N) is 1. The number of fused-ring (bicyclic) bond motifs is 1.